The summed E-state index contributed by atoms with van der Waals surface area (Å²) < 4.78 is 41.4. The topological polar surface area (TPSA) is 103 Å². The number of aryl methyl sites for hydroxylation is 1. The third kappa shape index (κ3) is 5.82. The summed E-state index contributed by atoms with van der Waals surface area (Å²) in [5.41, 5.74) is 1.24. The van der Waals surface area contributed by atoms with Crippen LogP contribution < -0.4 is 5.10 Å². The van der Waals surface area contributed by atoms with Crippen LogP contribution in [0.3, 0.4) is 0 Å². The minimum Gasteiger partial charge on any atom is -0.571 e. The molecule has 0 amide bonds. The van der Waals surface area contributed by atoms with Crippen LogP contribution in [0.5, 0.6) is 0 Å². The number of benzene rings is 1. The summed E-state index contributed by atoms with van der Waals surface area (Å²) in [4.78, 5) is 4.19. The van der Waals surface area contributed by atoms with Gasteiger partial charge < -0.3 is 19.6 Å². The molecule has 0 spiro atoms. The van der Waals surface area contributed by atoms with Crippen LogP contribution in [-0.2, 0) is 26.3 Å². The van der Waals surface area contributed by atoms with Crippen LogP contribution in [-0.4, -0.2) is 20.3 Å². The molecular formula is C19H11F3IrN6O-2. The van der Waals surface area contributed by atoms with Crippen molar-refractivity contribution in [3.63, 3.8) is 0 Å². The first kappa shape index (κ1) is 22.9. The fourth-order valence-electron chi connectivity index (χ4n) is 2.11. The molecule has 0 aliphatic carbocycles. The van der Waals surface area contributed by atoms with E-state index in [4.69, 9.17) is 9.68 Å². The zero-order valence-corrected chi connectivity index (χ0v) is 17.6. The quantitative estimate of drug-likeness (QED) is 0.328. The second kappa shape index (κ2) is 9.91. The Kier molecular flexibility index (Phi) is 7.58. The Morgan fingerprint density at radius 3 is 2.47 bits per heavy atom. The molecule has 155 valence electrons. The molecule has 4 aromatic rings. The molecule has 0 saturated carbocycles. The molecule has 30 heavy (non-hydrogen) atoms. The van der Waals surface area contributed by atoms with E-state index in [0.29, 0.717) is 5.56 Å². The first-order valence-electron chi connectivity index (χ1n) is 8.08. The maximum Gasteiger partial charge on any atom is 0.431 e. The number of hydrogen-bond donors (Lipinski definition) is 0. The number of nitriles is 1. The molecule has 0 bridgehead atoms. The van der Waals surface area contributed by atoms with Gasteiger partial charge in [0.15, 0.2) is 0 Å². The number of aromatic nitrogens is 5. The first-order chi connectivity index (χ1) is 13.9. The summed E-state index contributed by atoms with van der Waals surface area (Å²) in [5.74, 6) is 0.178. The molecule has 7 nitrogen and oxygen atoms in total. The first-order valence-corrected chi connectivity index (χ1v) is 8.08. The van der Waals surface area contributed by atoms with E-state index in [1.54, 1.807) is 18.3 Å². The number of rotatable bonds is 2. The van der Waals surface area contributed by atoms with Gasteiger partial charge >= 0.3 is 6.18 Å². The van der Waals surface area contributed by atoms with Crippen molar-refractivity contribution < 1.29 is 37.7 Å². The summed E-state index contributed by atoms with van der Waals surface area (Å²) in [7, 11) is 0. The molecule has 0 fully saturated rings. The molecular weight excluding hydrogens is 577 g/mol. The average molecular weight is 589 g/mol. The van der Waals surface area contributed by atoms with E-state index < -0.39 is 11.9 Å². The minimum absolute atomic E-state index is 0. The van der Waals surface area contributed by atoms with E-state index in [2.05, 4.69) is 37.5 Å². The third-order valence-electron chi connectivity index (χ3n) is 3.46. The molecule has 3 heterocycles. The van der Waals surface area contributed by atoms with Gasteiger partial charge in [-0.2, -0.15) is 13.2 Å². The Labute approximate surface area is 182 Å². The number of pyridine rings is 1. The summed E-state index contributed by atoms with van der Waals surface area (Å²) >= 11 is 0. The zero-order valence-electron chi connectivity index (χ0n) is 15.2. The van der Waals surface area contributed by atoms with Crippen LogP contribution in [0, 0.1) is 24.3 Å². The number of nitrogens with zero attached hydrogens (tertiary/aromatic N) is 6. The molecule has 0 atom stereocenters. The Morgan fingerprint density at radius 2 is 1.97 bits per heavy atom. The normalized spacial score (nSPS) is 10.4. The van der Waals surface area contributed by atoms with Gasteiger partial charge in [0.1, 0.15) is 5.69 Å². The van der Waals surface area contributed by atoms with Gasteiger partial charge in [-0.15, -0.1) is 40.0 Å². The molecule has 0 aliphatic heterocycles. The summed E-state index contributed by atoms with van der Waals surface area (Å²) in [6, 6.07) is 16.8. The van der Waals surface area contributed by atoms with Gasteiger partial charge in [0, 0.05) is 39.3 Å². The monoisotopic (exact) mass is 589 g/mol. The second-order valence-corrected chi connectivity index (χ2v) is 5.56. The summed E-state index contributed by atoms with van der Waals surface area (Å²) in [6.07, 6.45) is -2.78. The van der Waals surface area contributed by atoms with Crippen molar-refractivity contribution in [3.05, 3.63) is 71.9 Å². The Hall–Kier alpha value is -3.35. The van der Waals surface area contributed by atoms with Gasteiger partial charge in [-0.25, -0.2) is 5.26 Å². The van der Waals surface area contributed by atoms with Crippen LogP contribution in [0.25, 0.3) is 22.8 Å². The summed E-state index contributed by atoms with van der Waals surface area (Å²) in [5, 5.41) is 21.9. The molecule has 0 saturated heterocycles. The Bertz CT molecular complexity index is 1120. The molecule has 0 unspecified atom stereocenters. The number of alkyl halides is 3. The van der Waals surface area contributed by atoms with Gasteiger partial charge in [-0.3, -0.25) is 0 Å². The second-order valence-electron chi connectivity index (χ2n) is 5.56. The predicted molar refractivity (Wildman–Crippen MR) is 93.8 cm³/mol. The molecule has 3 aromatic heterocycles. The molecule has 1 aromatic carbocycles. The van der Waals surface area contributed by atoms with E-state index in [9.17, 15) is 13.2 Å². The van der Waals surface area contributed by atoms with Crippen molar-refractivity contribution in [3.8, 4) is 28.9 Å². The number of halogens is 3. The van der Waals surface area contributed by atoms with Crippen molar-refractivity contribution in [1.29, 1.82) is 5.26 Å². The summed E-state index contributed by atoms with van der Waals surface area (Å²) in [6.45, 7) is 1.53. The minimum atomic E-state index is -4.51. The largest absolute Gasteiger partial charge is 0.571 e. The van der Waals surface area contributed by atoms with Crippen molar-refractivity contribution in [2.24, 2.45) is 0 Å². The van der Waals surface area contributed by atoms with Crippen molar-refractivity contribution in [2.45, 2.75) is 13.1 Å². The predicted octanol–water partition coefficient (Wildman–Crippen LogP) is 3.83. The van der Waals surface area contributed by atoms with Crippen LogP contribution >= 0.6 is 0 Å². The van der Waals surface area contributed by atoms with Gasteiger partial charge in [0.05, 0.1) is 0 Å². The Morgan fingerprint density at radius 1 is 1.17 bits per heavy atom. The van der Waals surface area contributed by atoms with Gasteiger partial charge in [-0.1, -0.05) is 17.8 Å². The molecule has 0 N–H and O–H groups in total. The zero-order chi connectivity index (χ0) is 20.9. The molecule has 0 aliphatic rings. The maximum absolute atomic E-state index is 12.2. The number of hydrogen-bond acceptors (Lipinski definition) is 6. The van der Waals surface area contributed by atoms with E-state index in [-0.39, 0.29) is 37.6 Å². The van der Waals surface area contributed by atoms with E-state index in [1.165, 1.54) is 6.92 Å². The van der Waals surface area contributed by atoms with E-state index in [1.807, 2.05) is 24.3 Å². The molecule has 1 radical (unpaired) electrons. The van der Waals surface area contributed by atoms with Crippen molar-refractivity contribution >= 4 is 0 Å². The average Bonchev–Trinajstić information content (AvgIpc) is 3.38. The third-order valence-corrected chi connectivity index (χ3v) is 3.46. The SMILES string of the molecule is Cc1nnc(-c2cc(C(F)(F)F)n[n-]2)o1.N#Cc1c[c-]c(-c2ccccn2)cc1.[Ir]. The maximum atomic E-state index is 12.2. The van der Waals surface area contributed by atoms with E-state index in [0.717, 1.165) is 17.3 Å². The van der Waals surface area contributed by atoms with Crippen LogP contribution in [0.1, 0.15) is 17.1 Å². The Balaban J connectivity index is 0.000000207. The van der Waals surface area contributed by atoms with Crippen molar-refractivity contribution in [1.82, 2.24) is 25.4 Å². The molecule has 4 rings (SSSR count). The fraction of sp³-hybridized carbons (Fsp3) is 0.105. The van der Waals surface area contributed by atoms with Gasteiger partial charge in [0.2, 0.25) is 11.8 Å². The van der Waals surface area contributed by atoms with Crippen LogP contribution in [0.15, 0.2) is 53.1 Å². The van der Waals surface area contributed by atoms with Crippen LogP contribution in [0.2, 0.25) is 0 Å². The van der Waals surface area contributed by atoms with Gasteiger partial charge in [0.25, 0.3) is 0 Å². The smallest absolute Gasteiger partial charge is 0.431 e. The molecule has 11 heteroatoms. The standard InChI is InChI=1S/C12H7N2.C7H4F3N4O.Ir/c13-9-10-4-6-11(7-5-10)12-3-1-2-8-14-12;1-3-11-14-6(15-3)4-2-5(13-12-4)7(8,9)10;/h1-6,8H;2H,1H3;/q2*-1;. The van der Waals surface area contributed by atoms with E-state index >= 15 is 0 Å². The van der Waals surface area contributed by atoms with Crippen LogP contribution in [0.4, 0.5) is 13.2 Å². The van der Waals surface area contributed by atoms with Gasteiger partial charge in [-0.05, 0) is 23.4 Å². The van der Waals surface area contributed by atoms with Crippen molar-refractivity contribution in [2.75, 3.05) is 0 Å². The fourth-order valence-corrected chi connectivity index (χ4v) is 2.11.